The second-order valence-electron chi connectivity index (χ2n) is 7.30. The first-order valence-corrected chi connectivity index (χ1v) is 11.9. The van der Waals surface area contributed by atoms with Crippen LogP contribution in [-0.4, -0.2) is 31.5 Å². The number of aromatic nitrogens is 1. The molecule has 8 nitrogen and oxygen atoms in total. The molecule has 4 rings (SSSR count). The van der Waals surface area contributed by atoms with Crippen molar-refractivity contribution in [3.05, 3.63) is 71.2 Å². The third-order valence-corrected chi connectivity index (χ3v) is 6.43. The van der Waals surface area contributed by atoms with Gasteiger partial charge in [-0.3, -0.25) is 4.79 Å². The number of carbonyl (C=O) groups is 2. The van der Waals surface area contributed by atoms with E-state index in [9.17, 15) is 18.0 Å². The summed E-state index contributed by atoms with van der Waals surface area (Å²) in [6.45, 7) is 2.30. The molecule has 33 heavy (non-hydrogen) atoms. The lowest BCUT2D eigenvalue weighted by Crippen LogP contribution is -2.21. The van der Waals surface area contributed by atoms with Crippen molar-refractivity contribution in [1.82, 2.24) is 4.57 Å². The lowest BCUT2D eigenvalue weighted by molar-refractivity contribution is -0.119. The van der Waals surface area contributed by atoms with E-state index in [1.807, 2.05) is 36.4 Å². The van der Waals surface area contributed by atoms with Gasteiger partial charge in [-0.1, -0.05) is 29.8 Å². The van der Waals surface area contributed by atoms with Gasteiger partial charge < -0.3 is 14.6 Å². The zero-order chi connectivity index (χ0) is 23.8. The van der Waals surface area contributed by atoms with E-state index in [0.29, 0.717) is 5.69 Å². The minimum absolute atomic E-state index is 0.0226. The van der Waals surface area contributed by atoms with Crippen molar-refractivity contribution in [2.24, 2.45) is 5.14 Å². The van der Waals surface area contributed by atoms with Crippen molar-refractivity contribution in [3.63, 3.8) is 0 Å². The van der Waals surface area contributed by atoms with Gasteiger partial charge in [0.05, 0.1) is 15.5 Å². The Morgan fingerprint density at radius 2 is 1.76 bits per heavy atom. The SMILES string of the molecule is CCn1c2ccccc2c2cc(NC(=O)COC(=O)c3cc(S(N)(=O)=O)ccc3Cl)ccc21. The number of ether oxygens (including phenoxy) is 1. The quantitative estimate of drug-likeness (QED) is 0.401. The first kappa shape index (κ1) is 22.8. The van der Waals surface area contributed by atoms with Crippen molar-refractivity contribution in [2.45, 2.75) is 18.4 Å². The molecule has 0 spiro atoms. The summed E-state index contributed by atoms with van der Waals surface area (Å²) in [5.74, 6) is -1.50. The maximum absolute atomic E-state index is 12.4. The molecule has 0 bridgehead atoms. The molecule has 0 radical (unpaired) electrons. The average Bonchev–Trinajstić information content (AvgIpc) is 3.10. The minimum Gasteiger partial charge on any atom is -0.452 e. The molecule has 3 aromatic carbocycles. The predicted molar refractivity (Wildman–Crippen MR) is 127 cm³/mol. The molecule has 0 saturated carbocycles. The van der Waals surface area contributed by atoms with Gasteiger partial charge in [-0.2, -0.15) is 0 Å². The van der Waals surface area contributed by atoms with Crippen LogP contribution in [0.1, 0.15) is 17.3 Å². The van der Waals surface area contributed by atoms with Crippen molar-refractivity contribution in [1.29, 1.82) is 0 Å². The summed E-state index contributed by atoms with van der Waals surface area (Å²) in [5.41, 5.74) is 2.50. The van der Waals surface area contributed by atoms with E-state index in [-0.39, 0.29) is 15.5 Å². The summed E-state index contributed by atoms with van der Waals surface area (Å²) in [6.07, 6.45) is 0. The number of benzene rings is 3. The Morgan fingerprint density at radius 1 is 1.03 bits per heavy atom. The molecule has 1 aromatic heterocycles. The zero-order valence-corrected chi connectivity index (χ0v) is 19.1. The molecule has 10 heteroatoms. The van der Waals surface area contributed by atoms with E-state index >= 15 is 0 Å². The van der Waals surface area contributed by atoms with Crippen molar-refractivity contribution >= 4 is 61.0 Å². The summed E-state index contributed by atoms with van der Waals surface area (Å²) >= 11 is 5.96. The fourth-order valence-electron chi connectivity index (χ4n) is 3.72. The molecular weight excluding hydrogens is 466 g/mol. The number of amides is 1. The fraction of sp³-hybridized carbons (Fsp3) is 0.130. The number of carbonyl (C=O) groups excluding carboxylic acids is 2. The van der Waals surface area contributed by atoms with Gasteiger partial charge in [0.1, 0.15) is 0 Å². The first-order valence-electron chi connectivity index (χ1n) is 9.99. The second kappa shape index (κ2) is 8.86. The minimum atomic E-state index is -4.03. The van der Waals surface area contributed by atoms with Crippen molar-refractivity contribution < 1.29 is 22.7 Å². The molecule has 0 atom stereocenters. The summed E-state index contributed by atoms with van der Waals surface area (Å²) in [4.78, 5) is 24.4. The van der Waals surface area contributed by atoms with E-state index in [4.69, 9.17) is 21.5 Å². The predicted octanol–water partition coefficient (Wildman–Crippen LogP) is 3.91. The molecule has 0 saturated heterocycles. The number of nitrogens with zero attached hydrogens (tertiary/aromatic N) is 1. The Bertz CT molecular complexity index is 1510. The largest absolute Gasteiger partial charge is 0.452 e. The van der Waals surface area contributed by atoms with E-state index in [1.54, 1.807) is 6.07 Å². The number of nitrogens with one attached hydrogen (secondary N) is 1. The number of halogens is 1. The van der Waals surface area contributed by atoms with Crippen LogP contribution in [0.15, 0.2) is 65.6 Å². The molecule has 170 valence electrons. The standard InChI is InChI=1S/C23H20ClN3O5S/c1-2-27-20-6-4-3-5-16(20)17-11-14(7-10-21(17)27)26-22(28)13-32-23(29)18-12-15(33(25,30)31)8-9-19(18)24/h3-12H,2,13H2,1H3,(H,26,28)(H2,25,30,31). The molecule has 0 fully saturated rings. The van der Waals surface area contributed by atoms with Gasteiger partial charge in [-0.05, 0) is 49.4 Å². The first-order chi connectivity index (χ1) is 15.7. The van der Waals surface area contributed by atoms with Gasteiger partial charge in [0.2, 0.25) is 10.0 Å². The molecule has 0 aliphatic carbocycles. The van der Waals surface area contributed by atoms with Gasteiger partial charge >= 0.3 is 5.97 Å². The number of hydrogen-bond acceptors (Lipinski definition) is 5. The van der Waals surface area contributed by atoms with Gasteiger partial charge in [-0.15, -0.1) is 0 Å². The molecule has 0 aliphatic heterocycles. The Labute approximate surface area is 194 Å². The second-order valence-corrected chi connectivity index (χ2v) is 9.27. The summed E-state index contributed by atoms with van der Waals surface area (Å²) < 4.78 is 30.2. The maximum atomic E-state index is 12.4. The Morgan fingerprint density at radius 3 is 2.48 bits per heavy atom. The lowest BCUT2D eigenvalue weighted by Gasteiger charge is -2.09. The van der Waals surface area contributed by atoms with Crippen LogP contribution >= 0.6 is 11.6 Å². The van der Waals surface area contributed by atoms with E-state index < -0.39 is 28.5 Å². The number of para-hydroxylation sites is 1. The van der Waals surface area contributed by atoms with Crippen LogP contribution < -0.4 is 10.5 Å². The summed E-state index contributed by atoms with van der Waals surface area (Å²) in [6, 6.07) is 17.0. The maximum Gasteiger partial charge on any atom is 0.340 e. The Balaban J connectivity index is 1.49. The third-order valence-electron chi connectivity index (χ3n) is 5.19. The Kier molecular flexibility index (Phi) is 6.11. The molecule has 1 heterocycles. The van der Waals surface area contributed by atoms with Gasteiger partial charge in [-0.25, -0.2) is 18.4 Å². The highest BCUT2D eigenvalue weighted by Gasteiger charge is 2.18. The number of sulfonamides is 1. The molecule has 1 amide bonds. The highest BCUT2D eigenvalue weighted by molar-refractivity contribution is 7.89. The van der Waals surface area contributed by atoms with Gasteiger partial charge in [0, 0.05) is 34.0 Å². The van der Waals surface area contributed by atoms with Gasteiger partial charge in [0.15, 0.2) is 6.61 Å². The molecule has 0 aliphatic rings. The number of fused-ring (bicyclic) bond motifs is 3. The highest BCUT2D eigenvalue weighted by Crippen LogP contribution is 2.31. The molecular formula is C23H20ClN3O5S. The Hall–Kier alpha value is -3.40. The fourth-order valence-corrected chi connectivity index (χ4v) is 4.45. The molecule has 4 aromatic rings. The van der Waals surface area contributed by atoms with Gasteiger partial charge in [0.25, 0.3) is 5.91 Å². The number of primary sulfonamides is 1. The number of anilines is 1. The van der Waals surface area contributed by atoms with E-state index in [2.05, 4.69) is 16.8 Å². The number of hydrogen-bond donors (Lipinski definition) is 2. The monoisotopic (exact) mass is 485 g/mol. The summed E-state index contributed by atoms with van der Waals surface area (Å²) in [5, 5.41) is 9.83. The van der Waals surface area contributed by atoms with E-state index in [1.165, 1.54) is 12.1 Å². The highest BCUT2D eigenvalue weighted by atomic mass is 35.5. The number of esters is 1. The van der Waals surface area contributed by atoms with Crippen LogP contribution in [0.2, 0.25) is 5.02 Å². The normalized spacial score (nSPS) is 11.6. The number of rotatable bonds is 6. The molecule has 0 unspecified atom stereocenters. The zero-order valence-electron chi connectivity index (χ0n) is 17.5. The van der Waals surface area contributed by atoms with Crippen LogP contribution in [-0.2, 0) is 26.1 Å². The van der Waals surface area contributed by atoms with Crippen LogP contribution in [0.25, 0.3) is 21.8 Å². The van der Waals surface area contributed by atoms with E-state index in [0.717, 1.165) is 34.4 Å². The summed E-state index contributed by atoms with van der Waals surface area (Å²) in [7, 11) is -4.03. The lowest BCUT2D eigenvalue weighted by atomic mass is 10.1. The smallest absolute Gasteiger partial charge is 0.340 e. The van der Waals surface area contributed by atoms with Crippen LogP contribution in [0.3, 0.4) is 0 Å². The average molecular weight is 486 g/mol. The van der Waals surface area contributed by atoms with Crippen molar-refractivity contribution in [3.8, 4) is 0 Å². The van der Waals surface area contributed by atoms with Crippen LogP contribution in [0.5, 0.6) is 0 Å². The van der Waals surface area contributed by atoms with Crippen molar-refractivity contribution in [2.75, 3.05) is 11.9 Å². The molecule has 3 N–H and O–H groups in total. The van der Waals surface area contributed by atoms with Crippen LogP contribution in [0.4, 0.5) is 5.69 Å². The topological polar surface area (TPSA) is 120 Å². The van der Waals surface area contributed by atoms with Crippen LogP contribution in [0, 0.1) is 0 Å². The number of aryl methyl sites for hydroxylation is 1. The number of nitrogens with two attached hydrogens (primary N) is 1. The third kappa shape index (κ3) is 4.56.